The third-order valence-electron chi connectivity index (χ3n) is 3.05. The molecule has 0 radical (unpaired) electrons. The number of aromatic hydroxyl groups is 1. The lowest BCUT2D eigenvalue weighted by Crippen LogP contribution is -2.45. The molecule has 1 rings (SSSR count). The molecule has 2 N–H and O–H groups in total. The van der Waals surface area contributed by atoms with E-state index < -0.39 is 17.3 Å². The molecule has 1 aromatic carbocycles. The first-order valence-electron chi connectivity index (χ1n) is 5.79. The summed E-state index contributed by atoms with van der Waals surface area (Å²) in [6.45, 7) is 3.82. The van der Waals surface area contributed by atoms with Crippen molar-refractivity contribution in [2.45, 2.75) is 32.2 Å². The molecule has 3 nitrogen and oxygen atoms in total. The number of amides is 1. The second kappa shape index (κ2) is 6.05. The fraction of sp³-hybridized carbons (Fsp3) is 0.462. The normalized spacial score (nSPS) is 14.0. The van der Waals surface area contributed by atoms with Crippen molar-refractivity contribution in [3.05, 3.63) is 29.6 Å². The van der Waals surface area contributed by atoms with Crippen molar-refractivity contribution in [1.29, 1.82) is 0 Å². The summed E-state index contributed by atoms with van der Waals surface area (Å²) in [5.74, 6) is -0.943. The summed E-state index contributed by atoms with van der Waals surface area (Å²) in [7, 11) is 0. The van der Waals surface area contributed by atoms with Gasteiger partial charge in [-0.1, -0.05) is 6.92 Å². The summed E-state index contributed by atoms with van der Waals surface area (Å²) in [4.78, 5) is 12.0. The molecule has 0 spiro atoms. The van der Waals surface area contributed by atoms with E-state index in [1.165, 1.54) is 6.07 Å². The van der Waals surface area contributed by atoms with Gasteiger partial charge in [0.15, 0.2) is 0 Å². The zero-order valence-corrected chi connectivity index (χ0v) is 11.2. The minimum Gasteiger partial charge on any atom is -0.507 e. The van der Waals surface area contributed by atoms with E-state index in [2.05, 4.69) is 5.32 Å². The van der Waals surface area contributed by atoms with Crippen LogP contribution in [0.25, 0.3) is 0 Å². The van der Waals surface area contributed by atoms with Crippen molar-refractivity contribution < 1.29 is 14.3 Å². The van der Waals surface area contributed by atoms with Crippen LogP contribution < -0.4 is 5.32 Å². The molecule has 18 heavy (non-hydrogen) atoms. The third-order valence-corrected chi connectivity index (χ3v) is 3.24. The minimum atomic E-state index is -0.580. The molecule has 1 amide bonds. The van der Waals surface area contributed by atoms with Gasteiger partial charge in [0.25, 0.3) is 5.91 Å². The summed E-state index contributed by atoms with van der Waals surface area (Å²) in [6.07, 6.45) is 1.34. The molecule has 0 bridgehead atoms. The second-order valence-electron chi connectivity index (χ2n) is 4.47. The van der Waals surface area contributed by atoms with E-state index in [0.29, 0.717) is 18.7 Å². The lowest BCUT2D eigenvalue weighted by molar-refractivity contribution is 0.0899. The first-order chi connectivity index (χ1) is 8.41. The van der Waals surface area contributed by atoms with Gasteiger partial charge in [-0.3, -0.25) is 4.79 Å². The van der Waals surface area contributed by atoms with Gasteiger partial charge >= 0.3 is 0 Å². The highest BCUT2D eigenvalue weighted by molar-refractivity contribution is 6.17. The molecule has 0 saturated heterocycles. The molecule has 1 unspecified atom stereocenters. The van der Waals surface area contributed by atoms with Crippen LogP contribution in [0.15, 0.2) is 18.2 Å². The van der Waals surface area contributed by atoms with Crippen LogP contribution in [-0.2, 0) is 0 Å². The van der Waals surface area contributed by atoms with Gasteiger partial charge in [0.1, 0.15) is 11.6 Å². The number of carbonyl (C=O) groups is 1. The van der Waals surface area contributed by atoms with Gasteiger partial charge in [0, 0.05) is 17.5 Å². The van der Waals surface area contributed by atoms with Crippen molar-refractivity contribution in [2.24, 2.45) is 0 Å². The summed E-state index contributed by atoms with van der Waals surface area (Å²) < 4.78 is 12.8. The molecule has 5 heteroatoms. The molecule has 0 aliphatic carbocycles. The smallest absolute Gasteiger partial charge is 0.255 e. The first-order valence-corrected chi connectivity index (χ1v) is 6.32. The zero-order chi connectivity index (χ0) is 13.8. The average molecular weight is 274 g/mol. The van der Waals surface area contributed by atoms with Crippen LogP contribution in [0, 0.1) is 5.82 Å². The number of phenolic OH excluding ortho intramolecular Hbond substituents is 1. The van der Waals surface area contributed by atoms with Gasteiger partial charge in [-0.05, 0) is 31.9 Å². The number of nitrogens with one attached hydrogen (secondary N) is 1. The number of rotatable bonds is 5. The van der Waals surface area contributed by atoms with E-state index >= 15 is 0 Å². The maximum atomic E-state index is 12.8. The third kappa shape index (κ3) is 3.60. The number of phenols is 1. The van der Waals surface area contributed by atoms with Crippen LogP contribution in [0.3, 0.4) is 0 Å². The van der Waals surface area contributed by atoms with Crippen LogP contribution in [0.4, 0.5) is 4.39 Å². The average Bonchev–Trinajstić information content (AvgIpc) is 2.28. The van der Waals surface area contributed by atoms with Gasteiger partial charge in [-0.25, -0.2) is 4.39 Å². The van der Waals surface area contributed by atoms with E-state index in [4.69, 9.17) is 11.6 Å². The summed E-state index contributed by atoms with van der Waals surface area (Å²) in [5.41, 5.74) is -0.370. The summed E-state index contributed by atoms with van der Waals surface area (Å²) in [6, 6.07) is 3.32. The Bertz CT molecular complexity index is 439. The number of hydrogen-bond acceptors (Lipinski definition) is 2. The quantitative estimate of drug-likeness (QED) is 0.810. The highest BCUT2D eigenvalue weighted by atomic mass is 35.5. The van der Waals surface area contributed by atoms with E-state index in [9.17, 15) is 14.3 Å². The Morgan fingerprint density at radius 1 is 1.56 bits per heavy atom. The number of halogens is 2. The fourth-order valence-electron chi connectivity index (χ4n) is 1.57. The fourth-order valence-corrected chi connectivity index (χ4v) is 1.99. The van der Waals surface area contributed by atoms with Gasteiger partial charge in [-0.2, -0.15) is 0 Å². The molecule has 100 valence electrons. The van der Waals surface area contributed by atoms with E-state index in [-0.39, 0.29) is 11.3 Å². The predicted molar refractivity (Wildman–Crippen MR) is 69.6 cm³/mol. The van der Waals surface area contributed by atoms with Crippen molar-refractivity contribution >= 4 is 17.5 Å². The zero-order valence-electron chi connectivity index (χ0n) is 10.5. The van der Waals surface area contributed by atoms with Gasteiger partial charge in [-0.15, -0.1) is 11.6 Å². The SMILES string of the molecule is CCC(C)(CCCl)NC(=O)c1ccc(F)cc1O. The molecule has 0 aliphatic rings. The van der Waals surface area contributed by atoms with Crippen molar-refractivity contribution in [1.82, 2.24) is 5.32 Å². The maximum absolute atomic E-state index is 12.8. The number of hydrogen-bond donors (Lipinski definition) is 2. The number of alkyl halides is 1. The van der Waals surface area contributed by atoms with Crippen LogP contribution in [0.2, 0.25) is 0 Å². The van der Waals surface area contributed by atoms with Crippen LogP contribution in [0.5, 0.6) is 5.75 Å². The topological polar surface area (TPSA) is 49.3 Å². The van der Waals surface area contributed by atoms with E-state index in [1.807, 2.05) is 13.8 Å². The Kier molecular flexibility index (Phi) is 4.96. The first kappa shape index (κ1) is 14.8. The van der Waals surface area contributed by atoms with Crippen molar-refractivity contribution in [2.75, 3.05) is 5.88 Å². The number of carbonyl (C=O) groups excluding carboxylic acids is 1. The molecular formula is C13H17ClFNO2. The van der Waals surface area contributed by atoms with Crippen LogP contribution in [0.1, 0.15) is 37.0 Å². The second-order valence-corrected chi connectivity index (χ2v) is 4.85. The molecule has 0 aromatic heterocycles. The van der Waals surface area contributed by atoms with Crippen LogP contribution in [-0.4, -0.2) is 22.4 Å². The van der Waals surface area contributed by atoms with E-state index in [1.54, 1.807) is 0 Å². The maximum Gasteiger partial charge on any atom is 0.255 e. The Labute approximate surface area is 111 Å². The van der Waals surface area contributed by atoms with Gasteiger partial charge in [0.05, 0.1) is 5.56 Å². The Morgan fingerprint density at radius 2 is 2.22 bits per heavy atom. The molecular weight excluding hydrogens is 257 g/mol. The largest absolute Gasteiger partial charge is 0.507 e. The Balaban J connectivity index is 2.87. The lowest BCUT2D eigenvalue weighted by Gasteiger charge is -2.29. The standard InChI is InChI=1S/C13H17ClFNO2/c1-3-13(2,6-7-14)16-12(18)10-5-4-9(15)8-11(10)17/h4-5,8,17H,3,6-7H2,1-2H3,(H,16,18). The Hall–Kier alpha value is -1.29. The van der Waals surface area contributed by atoms with Crippen molar-refractivity contribution in [3.63, 3.8) is 0 Å². The van der Waals surface area contributed by atoms with Crippen molar-refractivity contribution in [3.8, 4) is 5.75 Å². The molecule has 1 atom stereocenters. The van der Waals surface area contributed by atoms with Gasteiger partial charge < -0.3 is 10.4 Å². The minimum absolute atomic E-state index is 0.0608. The molecule has 0 aliphatic heterocycles. The molecule has 1 aromatic rings. The lowest BCUT2D eigenvalue weighted by atomic mass is 9.95. The number of benzene rings is 1. The molecule has 0 fully saturated rings. The highest BCUT2D eigenvalue weighted by Gasteiger charge is 2.25. The molecule has 0 saturated carbocycles. The van der Waals surface area contributed by atoms with Crippen LogP contribution >= 0.6 is 11.6 Å². The molecule has 0 heterocycles. The summed E-state index contributed by atoms with van der Waals surface area (Å²) >= 11 is 5.70. The highest BCUT2D eigenvalue weighted by Crippen LogP contribution is 2.21. The predicted octanol–water partition coefficient (Wildman–Crippen LogP) is 3.06. The van der Waals surface area contributed by atoms with E-state index in [0.717, 1.165) is 12.1 Å². The summed E-state index contributed by atoms with van der Waals surface area (Å²) in [5, 5.41) is 12.3. The Morgan fingerprint density at radius 3 is 2.72 bits per heavy atom. The monoisotopic (exact) mass is 273 g/mol. The van der Waals surface area contributed by atoms with Gasteiger partial charge in [0.2, 0.25) is 0 Å².